The van der Waals surface area contributed by atoms with Crippen LogP contribution in [0.1, 0.15) is 64.6 Å². The number of imidazole rings is 1. The molecule has 20 heavy (non-hydrogen) atoms. The molecular formula is C16H31N3O. The Kier molecular flexibility index (Phi) is 8.35. The largest absolute Gasteiger partial charge is 0.382 e. The molecule has 1 atom stereocenters. The summed E-state index contributed by atoms with van der Waals surface area (Å²) < 4.78 is 7.64. The number of nitrogens with one attached hydrogen (secondary N) is 1. The van der Waals surface area contributed by atoms with E-state index in [0.29, 0.717) is 6.04 Å². The second kappa shape index (κ2) is 9.81. The molecule has 0 spiro atoms. The quantitative estimate of drug-likeness (QED) is 0.619. The third-order valence-electron chi connectivity index (χ3n) is 3.51. The number of hydrogen-bond donors (Lipinski definition) is 1. The Morgan fingerprint density at radius 2 is 2.10 bits per heavy atom. The number of aromatic nitrogens is 2. The van der Waals surface area contributed by atoms with Crippen LogP contribution >= 0.6 is 0 Å². The lowest BCUT2D eigenvalue weighted by molar-refractivity contribution is 0.147. The molecule has 0 saturated heterocycles. The molecule has 0 aromatic carbocycles. The Hall–Kier alpha value is -1.03. The van der Waals surface area contributed by atoms with Crippen molar-refractivity contribution < 1.29 is 4.74 Å². The molecule has 0 radical (unpaired) electrons. The molecule has 1 aromatic heterocycles. The molecule has 0 aliphatic rings. The fraction of sp³-hybridized carbons (Fsp3) is 0.812. The van der Waals surface area contributed by atoms with Gasteiger partial charge in [-0.2, -0.15) is 0 Å². The number of nitrogens with zero attached hydrogens (tertiary/aromatic N) is 2. The van der Waals surface area contributed by atoms with Crippen molar-refractivity contribution in [1.29, 1.82) is 0 Å². The maximum absolute atomic E-state index is 5.35. The average molecular weight is 281 g/mol. The summed E-state index contributed by atoms with van der Waals surface area (Å²) in [6, 6.07) is 0.511. The Labute approximate surface area is 123 Å². The average Bonchev–Trinajstić information content (AvgIpc) is 2.80. The molecule has 1 aromatic rings. The van der Waals surface area contributed by atoms with Crippen LogP contribution in [0.5, 0.6) is 0 Å². The van der Waals surface area contributed by atoms with Crippen molar-refractivity contribution in [2.24, 2.45) is 0 Å². The summed E-state index contributed by atoms with van der Waals surface area (Å²) >= 11 is 0. The molecule has 0 amide bonds. The van der Waals surface area contributed by atoms with Crippen LogP contribution in [0.4, 0.5) is 5.95 Å². The Bertz CT molecular complexity index is 363. The lowest BCUT2D eigenvalue weighted by Crippen LogP contribution is -2.13. The van der Waals surface area contributed by atoms with E-state index in [1.54, 1.807) is 0 Å². The monoisotopic (exact) mass is 281 g/mol. The molecule has 1 N–H and O–H groups in total. The zero-order valence-corrected chi connectivity index (χ0v) is 13.6. The third kappa shape index (κ3) is 5.95. The van der Waals surface area contributed by atoms with Crippen molar-refractivity contribution >= 4 is 5.95 Å². The summed E-state index contributed by atoms with van der Waals surface area (Å²) in [4.78, 5) is 4.59. The van der Waals surface area contributed by atoms with Gasteiger partial charge in [0, 0.05) is 32.0 Å². The van der Waals surface area contributed by atoms with Gasteiger partial charge in [0.1, 0.15) is 0 Å². The van der Waals surface area contributed by atoms with E-state index >= 15 is 0 Å². The third-order valence-corrected chi connectivity index (χ3v) is 3.51. The number of unbranched alkanes of at least 4 members (excludes halogenated alkanes) is 2. The van der Waals surface area contributed by atoms with Gasteiger partial charge in [-0.15, -0.1) is 0 Å². The second-order valence-electron chi connectivity index (χ2n) is 5.44. The second-order valence-corrected chi connectivity index (χ2v) is 5.44. The zero-order valence-electron chi connectivity index (χ0n) is 13.6. The topological polar surface area (TPSA) is 39.1 Å². The SMILES string of the molecule is CCCCCC(C)n1cc(C)nc1NCCCOCC. The molecule has 1 unspecified atom stereocenters. The Morgan fingerprint density at radius 1 is 1.30 bits per heavy atom. The smallest absolute Gasteiger partial charge is 0.203 e. The fourth-order valence-electron chi connectivity index (χ4n) is 2.33. The van der Waals surface area contributed by atoms with Crippen molar-refractivity contribution in [3.63, 3.8) is 0 Å². The van der Waals surface area contributed by atoms with Gasteiger partial charge in [-0.05, 0) is 33.6 Å². The van der Waals surface area contributed by atoms with Crippen molar-refractivity contribution in [2.45, 2.75) is 65.8 Å². The number of rotatable bonds is 11. The first-order chi connectivity index (χ1) is 9.69. The molecule has 4 heteroatoms. The van der Waals surface area contributed by atoms with Gasteiger partial charge in [-0.25, -0.2) is 4.98 Å². The van der Waals surface area contributed by atoms with Crippen LogP contribution < -0.4 is 5.32 Å². The summed E-state index contributed by atoms with van der Waals surface area (Å²) in [5.41, 5.74) is 1.08. The minimum absolute atomic E-state index is 0.511. The fourth-order valence-corrected chi connectivity index (χ4v) is 2.33. The molecule has 0 aliphatic carbocycles. The molecule has 116 valence electrons. The first-order valence-corrected chi connectivity index (χ1v) is 8.06. The summed E-state index contributed by atoms with van der Waals surface area (Å²) in [6.07, 6.45) is 8.27. The first-order valence-electron chi connectivity index (χ1n) is 8.06. The van der Waals surface area contributed by atoms with Gasteiger partial charge >= 0.3 is 0 Å². The molecule has 4 nitrogen and oxygen atoms in total. The van der Waals surface area contributed by atoms with Gasteiger partial charge in [0.15, 0.2) is 0 Å². The maximum atomic E-state index is 5.35. The molecule has 0 saturated carbocycles. The highest BCUT2D eigenvalue weighted by Gasteiger charge is 2.11. The summed E-state index contributed by atoms with van der Waals surface area (Å²) in [5, 5.41) is 3.44. The van der Waals surface area contributed by atoms with Crippen molar-refractivity contribution in [3.05, 3.63) is 11.9 Å². The van der Waals surface area contributed by atoms with Crippen LogP contribution in [0, 0.1) is 6.92 Å². The van der Waals surface area contributed by atoms with Gasteiger partial charge in [0.2, 0.25) is 5.95 Å². The minimum Gasteiger partial charge on any atom is -0.382 e. The van der Waals surface area contributed by atoms with Gasteiger partial charge in [0.05, 0.1) is 5.69 Å². The highest BCUT2D eigenvalue weighted by Crippen LogP contribution is 2.21. The normalized spacial score (nSPS) is 12.6. The van der Waals surface area contributed by atoms with Gasteiger partial charge in [0.25, 0.3) is 0 Å². The number of hydrogen-bond acceptors (Lipinski definition) is 3. The van der Waals surface area contributed by atoms with Crippen LogP contribution in [0.3, 0.4) is 0 Å². The molecule has 0 fully saturated rings. The van der Waals surface area contributed by atoms with Gasteiger partial charge < -0.3 is 14.6 Å². The summed E-state index contributed by atoms with van der Waals surface area (Å²) in [7, 11) is 0. The van der Waals surface area contributed by atoms with E-state index < -0.39 is 0 Å². The number of aryl methyl sites for hydroxylation is 1. The Morgan fingerprint density at radius 3 is 2.80 bits per heavy atom. The lowest BCUT2D eigenvalue weighted by atomic mass is 10.1. The van der Waals surface area contributed by atoms with Crippen LogP contribution in [0.25, 0.3) is 0 Å². The molecule has 1 heterocycles. The van der Waals surface area contributed by atoms with Crippen LogP contribution in [-0.4, -0.2) is 29.3 Å². The maximum Gasteiger partial charge on any atom is 0.203 e. The van der Waals surface area contributed by atoms with E-state index in [0.717, 1.165) is 37.8 Å². The van der Waals surface area contributed by atoms with E-state index in [9.17, 15) is 0 Å². The van der Waals surface area contributed by atoms with E-state index in [1.165, 1.54) is 25.7 Å². The highest BCUT2D eigenvalue weighted by atomic mass is 16.5. The molecule has 0 bridgehead atoms. The van der Waals surface area contributed by atoms with E-state index in [4.69, 9.17) is 4.74 Å². The number of anilines is 1. The first kappa shape index (κ1) is 17.0. The molecular weight excluding hydrogens is 250 g/mol. The predicted molar refractivity (Wildman–Crippen MR) is 85.4 cm³/mol. The Balaban J connectivity index is 2.45. The van der Waals surface area contributed by atoms with Crippen molar-refractivity contribution in [2.75, 3.05) is 25.1 Å². The highest BCUT2D eigenvalue weighted by molar-refractivity contribution is 5.29. The van der Waals surface area contributed by atoms with Crippen molar-refractivity contribution in [1.82, 2.24) is 9.55 Å². The minimum atomic E-state index is 0.511. The molecule has 1 rings (SSSR count). The van der Waals surface area contributed by atoms with Gasteiger partial charge in [-0.1, -0.05) is 26.2 Å². The lowest BCUT2D eigenvalue weighted by Gasteiger charge is -2.17. The predicted octanol–water partition coefficient (Wildman–Crippen LogP) is 4.17. The van der Waals surface area contributed by atoms with E-state index in [-0.39, 0.29) is 0 Å². The number of ether oxygens (including phenoxy) is 1. The van der Waals surface area contributed by atoms with Crippen LogP contribution in [-0.2, 0) is 4.74 Å². The standard InChI is InChI=1S/C16H31N3O/c1-5-7-8-10-15(4)19-13-14(3)18-16(19)17-11-9-12-20-6-2/h13,15H,5-12H2,1-4H3,(H,17,18). The van der Waals surface area contributed by atoms with Crippen LogP contribution in [0.2, 0.25) is 0 Å². The van der Waals surface area contributed by atoms with E-state index in [1.807, 2.05) is 6.92 Å². The zero-order chi connectivity index (χ0) is 14.8. The van der Waals surface area contributed by atoms with Crippen LogP contribution in [0.15, 0.2) is 6.20 Å². The molecule has 0 aliphatic heterocycles. The summed E-state index contributed by atoms with van der Waals surface area (Å²) in [6.45, 7) is 11.1. The summed E-state index contributed by atoms with van der Waals surface area (Å²) in [5.74, 6) is 1.00. The van der Waals surface area contributed by atoms with Crippen molar-refractivity contribution in [3.8, 4) is 0 Å². The van der Waals surface area contributed by atoms with E-state index in [2.05, 4.69) is 41.8 Å². The van der Waals surface area contributed by atoms with Gasteiger partial charge in [-0.3, -0.25) is 0 Å².